The number of aryl methyl sites for hydroxylation is 3. The standard InChI is InChI=1S/C41H41N2O2.Pt/c1-24-16-25(2)37(26(3)17-24)29-19-27(18-28(20-29)34-22-30(14-15-42-34)40(4,5)6)33-21-31(41(7,8)9)23-36-38(33)43-39(45-36)32-12-10-11-13-35(32)44;/h10-17,19-23,44H,1-9H3;/q-1;. The van der Waals surface area contributed by atoms with Crippen molar-refractivity contribution in [2.45, 2.75) is 73.1 Å². The van der Waals surface area contributed by atoms with E-state index in [-0.39, 0.29) is 37.6 Å². The number of hydrogen-bond acceptors (Lipinski definition) is 4. The summed E-state index contributed by atoms with van der Waals surface area (Å²) < 4.78 is 6.37. The topological polar surface area (TPSA) is 59.2 Å². The van der Waals surface area contributed by atoms with Crippen molar-refractivity contribution in [2.75, 3.05) is 0 Å². The zero-order valence-corrected chi connectivity index (χ0v) is 30.3. The van der Waals surface area contributed by atoms with Crippen molar-refractivity contribution in [3.05, 3.63) is 113 Å². The largest absolute Gasteiger partial charge is 0.507 e. The van der Waals surface area contributed by atoms with Gasteiger partial charge in [-0.3, -0.25) is 4.98 Å². The number of benzene rings is 4. The Morgan fingerprint density at radius 3 is 2.02 bits per heavy atom. The summed E-state index contributed by atoms with van der Waals surface area (Å²) in [6, 6.07) is 28.4. The maximum absolute atomic E-state index is 10.6. The van der Waals surface area contributed by atoms with E-state index in [4.69, 9.17) is 14.4 Å². The van der Waals surface area contributed by atoms with Crippen molar-refractivity contribution < 1.29 is 30.6 Å². The van der Waals surface area contributed by atoms with Gasteiger partial charge in [0.25, 0.3) is 0 Å². The second-order valence-electron chi connectivity index (χ2n) is 14.3. The number of pyridine rings is 1. The van der Waals surface area contributed by atoms with Gasteiger partial charge in [-0.2, -0.15) is 0 Å². The van der Waals surface area contributed by atoms with Gasteiger partial charge in [0.1, 0.15) is 11.3 Å². The number of phenolic OH excluding ortho intramolecular Hbond substituents is 1. The van der Waals surface area contributed by atoms with Gasteiger partial charge in [-0.05, 0) is 83.7 Å². The van der Waals surface area contributed by atoms with Crippen molar-refractivity contribution in [1.82, 2.24) is 9.97 Å². The van der Waals surface area contributed by atoms with Crippen molar-refractivity contribution in [1.29, 1.82) is 0 Å². The van der Waals surface area contributed by atoms with Crippen molar-refractivity contribution in [3.63, 3.8) is 0 Å². The molecular formula is C41H41N2O2Pt-. The first-order chi connectivity index (χ1) is 21.2. The Labute approximate surface area is 287 Å². The Hall–Kier alpha value is -4.01. The van der Waals surface area contributed by atoms with Gasteiger partial charge in [-0.15, -0.1) is 23.8 Å². The SMILES string of the molecule is Cc1cc(C)c(-c2cc(-c3cc(C(C)(C)C)ccn3)[c-]c(-c3cc(C(C)(C)C)cc4oc(-c5ccccc5O)nc34)c2)c(C)c1.[Pt]. The van der Waals surface area contributed by atoms with Gasteiger partial charge in [0.2, 0.25) is 5.89 Å². The molecule has 0 aliphatic rings. The molecule has 0 radical (unpaired) electrons. The second-order valence-corrected chi connectivity index (χ2v) is 14.3. The molecule has 0 saturated carbocycles. The van der Waals surface area contributed by atoms with Gasteiger partial charge in [0.05, 0.1) is 11.1 Å². The molecule has 238 valence electrons. The summed E-state index contributed by atoms with van der Waals surface area (Å²) in [6.45, 7) is 19.8. The average Bonchev–Trinajstić information content (AvgIpc) is 3.39. The fourth-order valence-electron chi connectivity index (χ4n) is 6.11. The summed E-state index contributed by atoms with van der Waals surface area (Å²) in [4.78, 5) is 9.81. The maximum Gasteiger partial charge on any atom is 0.230 e. The van der Waals surface area contributed by atoms with Crippen LogP contribution >= 0.6 is 0 Å². The van der Waals surface area contributed by atoms with Crippen LogP contribution in [0.2, 0.25) is 0 Å². The minimum Gasteiger partial charge on any atom is -0.507 e. The third-order valence-electron chi connectivity index (χ3n) is 8.52. The summed E-state index contributed by atoms with van der Waals surface area (Å²) in [7, 11) is 0. The van der Waals surface area contributed by atoms with Gasteiger partial charge in [0.15, 0.2) is 0 Å². The summed E-state index contributed by atoms with van der Waals surface area (Å²) in [5, 5.41) is 10.6. The number of aromatic nitrogens is 2. The summed E-state index contributed by atoms with van der Waals surface area (Å²) in [5.74, 6) is 0.518. The zero-order chi connectivity index (χ0) is 32.3. The Balaban J connectivity index is 0.00000417. The first-order valence-electron chi connectivity index (χ1n) is 15.6. The Morgan fingerprint density at radius 1 is 0.717 bits per heavy atom. The number of rotatable bonds is 4. The summed E-state index contributed by atoms with van der Waals surface area (Å²) in [6.07, 6.45) is 1.90. The van der Waals surface area contributed by atoms with Crippen LogP contribution in [0, 0.1) is 26.8 Å². The predicted octanol–water partition coefficient (Wildman–Crippen LogP) is 10.9. The number of aromatic hydroxyl groups is 1. The van der Waals surface area contributed by atoms with E-state index in [0.29, 0.717) is 17.0 Å². The monoisotopic (exact) mass is 788 g/mol. The number of phenols is 1. The molecular weight excluding hydrogens is 748 g/mol. The third kappa shape index (κ3) is 6.46. The molecule has 5 heteroatoms. The Bertz CT molecular complexity index is 2050. The van der Waals surface area contributed by atoms with Gasteiger partial charge in [0, 0.05) is 33.0 Å². The van der Waals surface area contributed by atoms with Crippen LogP contribution in [0.15, 0.2) is 83.4 Å². The molecule has 0 saturated heterocycles. The minimum absolute atomic E-state index is 0. The number of fused-ring (bicyclic) bond motifs is 1. The molecule has 1 N–H and O–H groups in total. The van der Waals surface area contributed by atoms with Crippen LogP contribution in [0.3, 0.4) is 0 Å². The molecule has 0 unspecified atom stereocenters. The number of nitrogens with zero attached hydrogens (tertiary/aromatic N) is 2. The molecule has 6 rings (SSSR count). The summed E-state index contributed by atoms with van der Waals surface area (Å²) in [5.41, 5.74) is 13.8. The van der Waals surface area contributed by atoms with Crippen LogP contribution < -0.4 is 0 Å². The molecule has 2 heterocycles. The minimum atomic E-state index is -0.141. The van der Waals surface area contributed by atoms with Crippen LogP contribution in [0.4, 0.5) is 0 Å². The van der Waals surface area contributed by atoms with Crippen LogP contribution in [0.1, 0.15) is 69.4 Å². The first kappa shape index (κ1) is 33.4. The van der Waals surface area contributed by atoms with E-state index in [1.165, 1.54) is 27.8 Å². The molecule has 4 aromatic carbocycles. The van der Waals surface area contributed by atoms with Crippen LogP contribution in [-0.2, 0) is 31.9 Å². The quantitative estimate of drug-likeness (QED) is 0.181. The van der Waals surface area contributed by atoms with Gasteiger partial charge < -0.3 is 9.52 Å². The average molecular weight is 789 g/mol. The Morgan fingerprint density at radius 2 is 1.37 bits per heavy atom. The second kappa shape index (κ2) is 12.3. The van der Waals surface area contributed by atoms with Crippen molar-refractivity contribution in [3.8, 4) is 50.7 Å². The van der Waals surface area contributed by atoms with E-state index < -0.39 is 0 Å². The Kier molecular flexibility index (Phi) is 8.92. The predicted molar refractivity (Wildman–Crippen MR) is 186 cm³/mol. The molecule has 4 nitrogen and oxygen atoms in total. The van der Waals surface area contributed by atoms with Gasteiger partial charge in [-0.1, -0.05) is 100 Å². The van der Waals surface area contributed by atoms with E-state index in [1.54, 1.807) is 12.1 Å². The van der Waals surface area contributed by atoms with E-state index >= 15 is 0 Å². The third-order valence-corrected chi connectivity index (χ3v) is 8.52. The number of para-hydroxylation sites is 1. The van der Waals surface area contributed by atoms with Gasteiger partial charge >= 0.3 is 0 Å². The van der Waals surface area contributed by atoms with Crippen LogP contribution in [0.25, 0.3) is 56.1 Å². The van der Waals surface area contributed by atoms with Crippen molar-refractivity contribution >= 4 is 11.1 Å². The molecule has 0 aliphatic carbocycles. The molecule has 0 spiro atoms. The van der Waals surface area contributed by atoms with E-state index in [0.717, 1.165) is 39.0 Å². The molecule has 0 amide bonds. The molecule has 46 heavy (non-hydrogen) atoms. The van der Waals surface area contributed by atoms with Gasteiger partial charge in [-0.25, -0.2) is 4.98 Å². The molecule has 0 atom stereocenters. The summed E-state index contributed by atoms with van der Waals surface area (Å²) >= 11 is 0. The maximum atomic E-state index is 10.6. The number of hydrogen-bond donors (Lipinski definition) is 1. The fourth-order valence-corrected chi connectivity index (χ4v) is 6.11. The molecule has 0 aliphatic heterocycles. The molecule has 2 aromatic heterocycles. The van der Waals surface area contributed by atoms with E-state index in [2.05, 4.69) is 117 Å². The molecule has 0 bridgehead atoms. The smallest absolute Gasteiger partial charge is 0.230 e. The van der Waals surface area contributed by atoms with Crippen LogP contribution in [0.5, 0.6) is 5.75 Å². The van der Waals surface area contributed by atoms with Crippen LogP contribution in [-0.4, -0.2) is 15.1 Å². The fraction of sp³-hybridized carbons (Fsp3) is 0.268. The molecule has 0 fully saturated rings. The first-order valence-corrected chi connectivity index (χ1v) is 15.6. The van der Waals surface area contributed by atoms with Crippen molar-refractivity contribution in [2.24, 2.45) is 0 Å². The molecule has 6 aromatic rings. The normalized spacial score (nSPS) is 11.9. The van der Waals surface area contributed by atoms with E-state index in [9.17, 15) is 5.11 Å². The zero-order valence-electron chi connectivity index (χ0n) is 28.1. The van der Waals surface area contributed by atoms with E-state index in [1.807, 2.05) is 18.3 Å². The number of oxazole rings is 1.